The highest BCUT2D eigenvalue weighted by Gasteiger charge is 2.26. The molecule has 0 saturated carbocycles. The minimum atomic E-state index is 0.657. The molecule has 0 aliphatic carbocycles. The standard InChI is InChI=1S/C16H25NO/c1-3-11-18-16-8-6-5-7-15(16)14-9-10-17-12-13(14)4-2/h5-8,13-14,17H,3-4,9-12H2,1-2H3. The number of piperidine rings is 1. The van der Waals surface area contributed by atoms with Crippen LogP contribution in [0.2, 0.25) is 0 Å². The normalized spacial score (nSPS) is 23.9. The van der Waals surface area contributed by atoms with E-state index in [0.717, 1.165) is 37.8 Å². The smallest absolute Gasteiger partial charge is 0.122 e. The summed E-state index contributed by atoms with van der Waals surface area (Å²) < 4.78 is 5.91. The Kier molecular flexibility index (Phi) is 5.06. The summed E-state index contributed by atoms with van der Waals surface area (Å²) in [6.45, 7) is 7.54. The van der Waals surface area contributed by atoms with E-state index in [2.05, 4.69) is 43.4 Å². The quantitative estimate of drug-likeness (QED) is 0.858. The molecule has 0 radical (unpaired) electrons. The molecule has 1 aliphatic rings. The van der Waals surface area contributed by atoms with Gasteiger partial charge in [0.2, 0.25) is 0 Å². The maximum Gasteiger partial charge on any atom is 0.122 e. The van der Waals surface area contributed by atoms with Crippen LogP contribution in [0.15, 0.2) is 24.3 Å². The fourth-order valence-corrected chi connectivity index (χ4v) is 2.89. The predicted octanol–water partition coefficient (Wildman–Crippen LogP) is 3.58. The van der Waals surface area contributed by atoms with E-state index in [-0.39, 0.29) is 0 Å². The third-order valence-corrected chi connectivity index (χ3v) is 3.91. The average Bonchev–Trinajstić information content (AvgIpc) is 2.45. The van der Waals surface area contributed by atoms with E-state index in [1.807, 2.05) is 0 Å². The number of para-hydroxylation sites is 1. The van der Waals surface area contributed by atoms with Crippen molar-refractivity contribution >= 4 is 0 Å². The lowest BCUT2D eigenvalue weighted by Crippen LogP contribution is -2.35. The molecule has 2 unspecified atom stereocenters. The highest BCUT2D eigenvalue weighted by atomic mass is 16.5. The zero-order chi connectivity index (χ0) is 12.8. The molecule has 100 valence electrons. The first-order valence-corrected chi connectivity index (χ1v) is 7.29. The van der Waals surface area contributed by atoms with Gasteiger partial charge in [-0.1, -0.05) is 38.5 Å². The van der Waals surface area contributed by atoms with E-state index in [9.17, 15) is 0 Å². The molecule has 0 bridgehead atoms. The van der Waals surface area contributed by atoms with Crippen molar-refractivity contribution in [2.24, 2.45) is 5.92 Å². The third kappa shape index (κ3) is 3.05. The van der Waals surface area contributed by atoms with Crippen LogP contribution in [0.25, 0.3) is 0 Å². The van der Waals surface area contributed by atoms with Crippen LogP contribution < -0.4 is 10.1 Å². The van der Waals surface area contributed by atoms with Crippen molar-refractivity contribution in [2.75, 3.05) is 19.7 Å². The van der Waals surface area contributed by atoms with Crippen LogP contribution in [0.3, 0.4) is 0 Å². The molecule has 2 rings (SSSR count). The van der Waals surface area contributed by atoms with Gasteiger partial charge in [0.15, 0.2) is 0 Å². The van der Waals surface area contributed by atoms with Crippen molar-refractivity contribution in [1.82, 2.24) is 5.32 Å². The minimum absolute atomic E-state index is 0.657. The second-order valence-electron chi connectivity index (χ2n) is 5.15. The van der Waals surface area contributed by atoms with Gasteiger partial charge in [0.1, 0.15) is 5.75 Å². The summed E-state index contributed by atoms with van der Waals surface area (Å²) in [7, 11) is 0. The monoisotopic (exact) mass is 247 g/mol. The molecule has 1 aromatic carbocycles. The number of benzene rings is 1. The number of hydrogen-bond donors (Lipinski definition) is 1. The van der Waals surface area contributed by atoms with Crippen molar-refractivity contribution in [2.45, 2.75) is 39.0 Å². The molecule has 1 aromatic rings. The Labute approximate surface area is 111 Å². The molecular formula is C16H25NO. The lowest BCUT2D eigenvalue weighted by atomic mass is 9.79. The molecular weight excluding hydrogens is 222 g/mol. The minimum Gasteiger partial charge on any atom is -0.493 e. The molecule has 18 heavy (non-hydrogen) atoms. The van der Waals surface area contributed by atoms with Crippen LogP contribution in [-0.2, 0) is 0 Å². The summed E-state index contributed by atoms with van der Waals surface area (Å²) in [6.07, 6.45) is 3.53. The van der Waals surface area contributed by atoms with Gasteiger partial charge in [-0.3, -0.25) is 0 Å². The lowest BCUT2D eigenvalue weighted by molar-refractivity contribution is 0.286. The summed E-state index contributed by atoms with van der Waals surface area (Å²) in [5.74, 6) is 2.50. The molecule has 2 nitrogen and oxygen atoms in total. The zero-order valence-corrected chi connectivity index (χ0v) is 11.6. The van der Waals surface area contributed by atoms with Gasteiger partial charge in [-0.15, -0.1) is 0 Å². The fraction of sp³-hybridized carbons (Fsp3) is 0.625. The van der Waals surface area contributed by atoms with Crippen LogP contribution in [0.5, 0.6) is 5.75 Å². The van der Waals surface area contributed by atoms with Gasteiger partial charge in [0.05, 0.1) is 6.61 Å². The van der Waals surface area contributed by atoms with Crippen molar-refractivity contribution < 1.29 is 4.74 Å². The van der Waals surface area contributed by atoms with Gasteiger partial charge < -0.3 is 10.1 Å². The molecule has 1 fully saturated rings. The van der Waals surface area contributed by atoms with Crippen LogP contribution in [-0.4, -0.2) is 19.7 Å². The highest BCUT2D eigenvalue weighted by molar-refractivity contribution is 5.37. The first kappa shape index (κ1) is 13.4. The van der Waals surface area contributed by atoms with Crippen molar-refractivity contribution in [3.63, 3.8) is 0 Å². The Morgan fingerprint density at radius 2 is 2.11 bits per heavy atom. The van der Waals surface area contributed by atoms with E-state index in [1.165, 1.54) is 18.4 Å². The Hall–Kier alpha value is -1.02. The first-order valence-electron chi connectivity index (χ1n) is 7.29. The largest absolute Gasteiger partial charge is 0.493 e. The molecule has 1 aliphatic heterocycles. The summed E-state index contributed by atoms with van der Waals surface area (Å²) in [5, 5.41) is 3.51. The third-order valence-electron chi connectivity index (χ3n) is 3.91. The van der Waals surface area contributed by atoms with Gasteiger partial charge in [0.25, 0.3) is 0 Å². The molecule has 2 heteroatoms. The van der Waals surface area contributed by atoms with Crippen LogP contribution in [0, 0.1) is 5.92 Å². The zero-order valence-electron chi connectivity index (χ0n) is 11.6. The number of hydrogen-bond acceptors (Lipinski definition) is 2. The highest BCUT2D eigenvalue weighted by Crippen LogP contribution is 2.37. The van der Waals surface area contributed by atoms with E-state index < -0.39 is 0 Å². The Morgan fingerprint density at radius 1 is 1.28 bits per heavy atom. The molecule has 0 amide bonds. The lowest BCUT2D eigenvalue weighted by Gasteiger charge is -2.32. The number of rotatable bonds is 5. The van der Waals surface area contributed by atoms with E-state index in [4.69, 9.17) is 4.74 Å². The van der Waals surface area contributed by atoms with Gasteiger partial charge in [0, 0.05) is 0 Å². The fourth-order valence-electron chi connectivity index (χ4n) is 2.89. The molecule has 1 heterocycles. The summed E-state index contributed by atoms with van der Waals surface area (Å²) in [6, 6.07) is 8.60. The summed E-state index contributed by atoms with van der Waals surface area (Å²) in [4.78, 5) is 0. The van der Waals surface area contributed by atoms with E-state index in [1.54, 1.807) is 0 Å². The van der Waals surface area contributed by atoms with Crippen molar-refractivity contribution in [1.29, 1.82) is 0 Å². The number of ether oxygens (including phenoxy) is 1. The first-order chi connectivity index (χ1) is 8.86. The van der Waals surface area contributed by atoms with Gasteiger partial charge in [-0.2, -0.15) is 0 Å². The predicted molar refractivity (Wildman–Crippen MR) is 76.2 cm³/mol. The van der Waals surface area contributed by atoms with E-state index >= 15 is 0 Å². The van der Waals surface area contributed by atoms with Gasteiger partial charge in [-0.05, 0) is 49.4 Å². The molecule has 1 saturated heterocycles. The van der Waals surface area contributed by atoms with Crippen molar-refractivity contribution in [3.05, 3.63) is 29.8 Å². The SMILES string of the molecule is CCCOc1ccccc1C1CCNCC1CC. The molecule has 0 aromatic heterocycles. The average molecular weight is 247 g/mol. The van der Waals surface area contributed by atoms with Crippen LogP contribution >= 0.6 is 0 Å². The van der Waals surface area contributed by atoms with Crippen LogP contribution in [0.4, 0.5) is 0 Å². The maximum absolute atomic E-state index is 5.91. The Balaban J connectivity index is 2.19. The van der Waals surface area contributed by atoms with Gasteiger partial charge >= 0.3 is 0 Å². The molecule has 2 atom stereocenters. The molecule has 1 N–H and O–H groups in total. The van der Waals surface area contributed by atoms with E-state index in [0.29, 0.717) is 5.92 Å². The second-order valence-corrected chi connectivity index (χ2v) is 5.15. The second kappa shape index (κ2) is 6.79. The topological polar surface area (TPSA) is 21.3 Å². The van der Waals surface area contributed by atoms with Crippen LogP contribution in [0.1, 0.15) is 44.6 Å². The number of nitrogens with one attached hydrogen (secondary N) is 1. The Morgan fingerprint density at radius 3 is 2.89 bits per heavy atom. The van der Waals surface area contributed by atoms with Crippen molar-refractivity contribution in [3.8, 4) is 5.75 Å². The Bertz CT molecular complexity index is 364. The summed E-state index contributed by atoms with van der Waals surface area (Å²) in [5.41, 5.74) is 1.42. The van der Waals surface area contributed by atoms with Gasteiger partial charge in [-0.25, -0.2) is 0 Å². The maximum atomic E-state index is 5.91. The molecule has 0 spiro atoms. The summed E-state index contributed by atoms with van der Waals surface area (Å²) >= 11 is 0.